The van der Waals surface area contributed by atoms with Crippen molar-refractivity contribution in [3.63, 3.8) is 0 Å². The SMILES string of the molecule is CCNC(=NCCCSc1ccc(F)cc1)NCCOCCS(C)(=O)=O.I. The zero-order valence-corrected chi connectivity index (χ0v) is 19.7. The van der Waals surface area contributed by atoms with E-state index in [4.69, 9.17) is 4.74 Å². The van der Waals surface area contributed by atoms with Crippen molar-refractivity contribution in [2.75, 3.05) is 50.6 Å². The Kier molecular flexibility index (Phi) is 15.0. The maximum atomic E-state index is 12.8. The summed E-state index contributed by atoms with van der Waals surface area (Å²) in [6.45, 7) is 4.60. The molecule has 0 spiro atoms. The van der Waals surface area contributed by atoms with Gasteiger partial charge in [-0.25, -0.2) is 12.8 Å². The predicted octanol–water partition coefficient (Wildman–Crippen LogP) is 2.54. The molecular formula is C17H29FIN3O3S2. The molecule has 0 atom stereocenters. The van der Waals surface area contributed by atoms with Crippen molar-refractivity contribution in [1.29, 1.82) is 0 Å². The number of thioether (sulfide) groups is 1. The fraction of sp³-hybridized carbons (Fsp3) is 0.588. The van der Waals surface area contributed by atoms with Crippen molar-refractivity contribution in [1.82, 2.24) is 10.6 Å². The Bertz CT molecular complexity index is 643. The van der Waals surface area contributed by atoms with Crippen LogP contribution in [-0.4, -0.2) is 65.0 Å². The van der Waals surface area contributed by atoms with E-state index in [1.165, 1.54) is 18.4 Å². The van der Waals surface area contributed by atoms with Gasteiger partial charge >= 0.3 is 0 Å². The van der Waals surface area contributed by atoms with Gasteiger partial charge in [-0.15, -0.1) is 35.7 Å². The number of nitrogens with zero attached hydrogens (tertiary/aromatic N) is 1. The lowest BCUT2D eigenvalue weighted by atomic mass is 10.4. The van der Waals surface area contributed by atoms with Gasteiger partial charge in [-0.05, 0) is 43.4 Å². The minimum absolute atomic E-state index is 0. The molecule has 0 aliphatic carbocycles. The third kappa shape index (κ3) is 15.1. The van der Waals surface area contributed by atoms with Gasteiger partial charge in [-0.1, -0.05) is 0 Å². The molecule has 0 radical (unpaired) electrons. The van der Waals surface area contributed by atoms with Crippen LogP contribution in [0, 0.1) is 5.82 Å². The van der Waals surface area contributed by atoms with Gasteiger partial charge in [0, 0.05) is 30.8 Å². The van der Waals surface area contributed by atoms with E-state index in [0.717, 1.165) is 23.6 Å². The molecule has 1 aromatic carbocycles. The van der Waals surface area contributed by atoms with Crippen molar-refractivity contribution < 1.29 is 17.5 Å². The number of benzene rings is 1. The fourth-order valence-corrected chi connectivity index (χ4v) is 3.13. The summed E-state index contributed by atoms with van der Waals surface area (Å²) >= 11 is 1.68. The first kappa shape index (κ1) is 26.4. The van der Waals surface area contributed by atoms with E-state index in [1.54, 1.807) is 23.9 Å². The molecule has 1 rings (SSSR count). The Morgan fingerprint density at radius 1 is 1.22 bits per heavy atom. The van der Waals surface area contributed by atoms with Gasteiger partial charge in [-0.3, -0.25) is 4.99 Å². The van der Waals surface area contributed by atoms with Crippen LogP contribution in [0.1, 0.15) is 13.3 Å². The third-order valence-corrected chi connectivity index (χ3v) is 5.14. The highest BCUT2D eigenvalue weighted by molar-refractivity contribution is 14.0. The van der Waals surface area contributed by atoms with Crippen molar-refractivity contribution in [2.24, 2.45) is 4.99 Å². The largest absolute Gasteiger partial charge is 0.379 e. The van der Waals surface area contributed by atoms with Crippen LogP contribution in [0.2, 0.25) is 0 Å². The third-order valence-electron chi connectivity index (χ3n) is 3.14. The smallest absolute Gasteiger partial charge is 0.191 e. The molecule has 1 aromatic rings. The van der Waals surface area contributed by atoms with Crippen molar-refractivity contribution in [3.8, 4) is 0 Å². The van der Waals surface area contributed by atoms with Crippen LogP contribution in [-0.2, 0) is 14.6 Å². The summed E-state index contributed by atoms with van der Waals surface area (Å²) in [5.74, 6) is 1.43. The van der Waals surface area contributed by atoms with Gasteiger partial charge in [0.1, 0.15) is 15.7 Å². The van der Waals surface area contributed by atoms with Gasteiger partial charge in [0.25, 0.3) is 0 Å². The molecule has 2 N–H and O–H groups in total. The molecule has 0 saturated carbocycles. The van der Waals surface area contributed by atoms with Crippen LogP contribution in [0.3, 0.4) is 0 Å². The average molecular weight is 533 g/mol. The molecule has 0 aromatic heterocycles. The van der Waals surface area contributed by atoms with E-state index in [9.17, 15) is 12.8 Å². The molecule has 0 saturated heterocycles. The summed E-state index contributed by atoms with van der Waals surface area (Å²) in [4.78, 5) is 5.53. The van der Waals surface area contributed by atoms with Gasteiger partial charge in [0.05, 0.1) is 19.0 Å². The predicted molar refractivity (Wildman–Crippen MR) is 122 cm³/mol. The molecule has 0 unspecified atom stereocenters. The summed E-state index contributed by atoms with van der Waals surface area (Å²) in [5, 5.41) is 6.30. The summed E-state index contributed by atoms with van der Waals surface area (Å²) in [5.41, 5.74) is 0. The highest BCUT2D eigenvalue weighted by Crippen LogP contribution is 2.18. The van der Waals surface area contributed by atoms with Gasteiger partial charge < -0.3 is 15.4 Å². The van der Waals surface area contributed by atoms with E-state index in [0.29, 0.717) is 25.7 Å². The van der Waals surface area contributed by atoms with Crippen LogP contribution < -0.4 is 10.6 Å². The van der Waals surface area contributed by atoms with E-state index >= 15 is 0 Å². The van der Waals surface area contributed by atoms with E-state index < -0.39 is 9.84 Å². The standard InChI is InChI=1S/C17H28FN3O3S2.HI/c1-3-19-17(21-10-11-24-12-14-26(2,22)23)20-9-4-13-25-16-7-5-15(18)6-8-16;/h5-8H,3-4,9-14H2,1-2H3,(H2,19,20,21);1H. The lowest BCUT2D eigenvalue weighted by Crippen LogP contribution is -2.39. The van der Waals surface area contributed by atoms with Crippen molar-refractivity contribution in [3.05, 3.63) is 30.1 Å². The summed E-state index contributed by atoms with van der Waals surface area (Å²) in [7, 11) is -2.98. The van der Waals surface area contributed by atoms with Gasteiger partial charge in [0.2, 0.25) is 0 Å². The Morgan fingerprint density at radius 3 is 2.56 bits per heavy atom. The second-order valence-corrected chi connectivity index (χ2v) is 9.01. The normalized spacial score (nSPS) is 11.7. The molecule has 10 heteroatoms. The minimum atomic E-state index is -2.98. The molecule has 27 heavy (non-hydrogen) atoms. The first-order chi connectivity index (χ1) is 12.4. The van der Waals surface area contributed by atoms with Crippen LogP contribution in [0.5, 0.6) is 0 Å². The molecule has 0 aliphatic heterocycles. The summed E-state index contributed by atoms with van der Waals surface area (Å²) in [6, 6.07) is 6.48. The van der Waals surface area contributed by atoms with Crippen molar-refractivity contribution >= 4 is 51.5 Å². The molecule has 6 nitrogen and oxygen atoms in total. The second-order valence-electron chi connectivity index (χ2n) is 5.59. The second kappa shape index (κ2) is 15.3. The average Bonchev–Trinajstić information content (AvgIpc) is 2.58. The first-order valence-electron chi connectivity index (χ1n) is 8.56. The lowest BCUT2D eigenvalue weighted by molar-refractivity contribution is 0.154. The maximum absolute atomic E-state index is 12.8. The highest BCUT2D eigenvalue weighted by Gasteiger charge is 2.02. The minimum Gasteiger partial charge on any atom is -0.379 e. The zero-order chi connectivity index (χ0) is 19.3. The number of guanidine groups is 1. The number of halogens is 2. The van der Waals surface area contributed by atoms with Crippen LogP contribution in [0.25, 0.3) is 0 Å². The molecule has 0 aliphatic rings. The number of nitrogens with one attached hydrogen (secondary N) is 2. The molecule has 0 heterocycles. The fourth-order valence-electron chi connectivity index (χ4n) is 1.87. The van der Waals surface area contributed by atoms with Gasteiger partial charge in [-0.2, -0.15) is 0 Å². The highest BCUT2D eigenvalue weighted by atomic mass is 127. The quantitative estimate of drug-likeness (QED) is 0.141. The van der Waals surface area contributed by atoms with E-state index in [2.05, 4.69) is 15.6 Å². The van der Waals surface area contributed by atoms with E-state index in [-0.39, 0.29) is 42.2 Å². The topological polar surface area (TPSA) is 79.8 Å². The van der Waals surface area contributed by atoms with Crippen LogP contribution >= 0.6 is 35.7 Å². The van der Waals surface area contributed by atoms with Crippen LogP contribution in [0.4, 0.5) is 4.39 Å². The number of ether oxygens (including phenoxy) is 1. The molecular weight excluding hydrogens is 504 g/mol. The maximum Gasteiger partial charge on any atom is 0.191 e. The first-order valence-corrected chi connectivity index (χ1v) is 11.6. The molecule has 0 fully saturated rings. The van der Waals surface area contributed by atoms with Crippen molar-refractivity contribution in [2.45, 2.75) is 18.2 Å². The number of hydrogen-bond donors (Lipinski definition) is 2. The number of sulfone groups is 1. The zero-order valence-electron chi connectivity index (χ0n) is 15.7. The Hall–Kier alpha value is -0.590. The Balaban J connectivity index is 0.00000676. The molecule has 0 amide bonds. The Morgan fingerprint density at radius 2 is 1.93 bits per heavy atom. The molecule has 156 valence electrons. The number of hydrogen-bond acceptors (Lipinski definition) is 5. The van der Waals surface area contributed by atoms with Gasteiger partial charge in [0.15, 0.2) is 5.96 Å². The summed E-state index contributed by atoms with van der Waals surface area (Å²) in [6.07, 6.45) is 2.10. The van der Waals surface area contributed by atoms with Crippen LogP contribution in [0.15, 0.2) is 34.2 Å². The lowest BCUT2D eigenvalue weighted by Gasteiger charge is -2.11. The Labute approximate surface area is 183 Å². The molecule has 0 bridgehead atoms. The number of aliphatic imine (C=N–C) groups is 1. The monoisotopic (exact) mass is 533 g/mol. The van der Waals surface area contributed by atoms with E-state index in [1.807, 2.05) is 6.92 Å². The summed E-state index contributed by atoms with van der Waals surface area (Å²) < 4.78 is 40.1. The number of rotatable bonds is 12.